The van der Waals surface area contributed by atoms with Crippen molar-refractivity contribution in [1.82, 2.24) is 0 Å². The van der Waals surface area contributed by atoms with E-state index in [2.05, 4.69) is 102 Å². The van der Waals surface area contributed by atoms with E-state index in [0.717, 1.165) is 12.2 Å². The second kappa shape index (κ2) is 10.1. The molecule has 0 amide bonds. The lowest BCUT2D eigenvalue weighted by molar-refractivity contribution is 0.299. The minimum Gasteiger partial charge on any atom is -0.489 e. The minimum atomic E-state index is -0.135. The van der Waals surface area contributed by atoms with E-state index in [1.165, 1.54) is 22.3 Å². The van der Waals surface area contributed by atoms with E-state index in [-0.39, 0.29) is 13.1 Å². The van der Waals surface area contributed by atoms with Crippen LogP contribution >= 0.6 is 16.5 Å². The summed E-state index contributed by atoms with van der Waals surface area (Å²) in [5.74, 6) is 1.02. The first-order chi connectivity index (χ1) is 14.3. The number of benzene rings is 3. The molecule has 0 aromatic heterocycles. The summed E-state index contributed by atoms with van der Waals surface area (Å²) in [5.41, 5.74) is 5.25. The van der Waals surface area contributed by atoms with Gasteiger partial charge in [-0.1, -0.05) is 96.6 Å². The molecule has 0 fully saturated rings. The fourth-order valence-electron chi connectivity index (χ4n) is 3.75. The molecular weight excluding hydrogens is 402 g/mol. The molecule has 0 aliphatic heterocycles. The normalized spacial score (nSPS) is 13.7. The predicted octanol–water partition coefficient (Wildman–Crippen LogP) is 6.88. The van der Waals surface area contributed by atoms with Gasteiger partial charge in [-0.25, -0.2) is 0 Å². The molecule has 2 unspecified atom stereocenters. The molecule has 30 heavy (non-hydrogen) atoms. The van der Waals surface area contributed by atoms with Crippen LogP contribution in [-0.4, -0.2) is 13.3 Å². The molecule has 3 rings (SSSR count). The standard InChI is InChI=1S/C27H34OP2/c1-7-27(4,29-26-21(3)12-11-15-25(26)30(5)6)23-18-20(2)16-17-24(23)28-19-22-13-9-8-10-14-22/h8-18,29H,7,19H2,1-6H3. The summed E-state index contributed by atoms with van der Waals surface area (Å²) in [4.78, 5) is 0. The van der Waals surface area contributed by atoms with Crippen molar-refractivity contribution in [3.8, 4) is 5.75 Å². The molecule has 0 radical (unpaired) electrons. The Morgan fingerprint density at radius 3 is 2.33 bits per heavy atom. The minimum absolute atomic E-state index is 0.0459. The highest BCUT2D eigenvalue weighted by molar-refractivity contribution is 7.66. The molecule has 1 nitrogen and oxygen atoms in total. The van der Waals surface area contributed by atoms with Crippen LogP contribution in [0, 0.1) is 13.8 Å². The average Bonchev–Trinajstić information content (AvgIpc) is 2.74. The van der Waals surface area contributed by atoms with Gasteiger partial charge in [0.25, 0.3) is 0 Å². The van der Waals surface area contributed by atoms with E-state index < -0.39 is 0 Å². The van der Waals surface area contributed by atoms with Crippen LogP contribution in [0.25, 0.3) is 0 Å². The summed E-state index contributed by atoms with van der Waals surface area (Å²) in [6.45, 7) is 14.5. The number of hydrogen-bond donors (Lipinski definition) is 0. The average molecular weight is 437 g/mol. The third-order valence-electron chi connectivity index (χ3n) is 5.81. The molecule has 0 saturated heterocycles. The topological polar surface area (TPSA) is 9.23 Å². The summed E-state index contributed by atoms with van der Waals surface area (Å²) < 4.78 is 6.38. The first-order valence-corrected chi connectivity index (χ1v) is 13.9. The van der Waals surface area contributed by atoms with E-state index >= 15 is 0 Å². The smallest absolute Gasteiger partial charge is 0.123 e. The van der Waals surface area contributed by atoms with Gasteiger partial charge in [0.05, 0.1) is 0 Å². The number of hydrogen-bond acceptors (Lipinski definition) is 1. The van der Waals surface area contributed by atoms with Gasteiger partial charge in [0.2, 0.25) is 0 Å². The SMILES string of the molecule is CCC(C)(Pc1c(C)cccc1P(C)C)c1cc(C)ccc1OCc1ccccc1. The monoisotopic (exact) mass is 436 g/mol. The van der Waals surface area contributed by atoms with Crippen LogP contribution in [0.5, 0.6) is 5.75 Å². The quantitative estimate of drug-likeness (QED) is 0.350. The van der Waals surface area contributed by atoms with E-state index in [4.69, 9.17) is 4.74 Å². The Bertz CT molecular complexity index is 981. The highest BCUT2D eigenvalue weighted by Crippen LogP contribution is 2.48. The maximum Gasteiger partial charge on any atom is 0.123 e. The summed E-state index contributed by atoms with van der Waals surface area (Å²) in [6.07, 6.45) is 1.08. The lowest BCUT2D eigenvalue weighted by Crippen LogP contribution is -2.28. The largest absolute Gasteiger partial charge is 0.489 e. The van der Waals surface area contributed by atoms with Crippen molar-refractivity contribution in [3.63, 3.8) is 0 Å². The summed E-state index contributed by atoms with van der Waals surface area (Å²) >= 11 is 0. The molecule has 3 heteroatoms. The molecular formula is C27H34OP2. The Morgan fingerprint density at radius 2 is 1.67 bits per heavy atom. The lowest BCUT2D eigenvalue weighted by atomic mass is 9.95. The summed E-state index contributed by atoms with van der Waals surface area (Å²) in [7, 11) is 0.582. The van der Waals surface area contributed by atoms with Crippen LogP contribution in [-0.2, 0) is 11.8 Å². The molecule has 3 aromatic carbocycles. The van der Waals surface area contributed by atoms with E-state index in [1.807, 2.05) is 6.07 Å². The van der Waals surface area contributed by atoms with Gasteiger partial charge in [0.1, 0.15) is 12.4 Å². The third-order valence-corrected chi connectivity index (χ3v) is 9.44. The van der Waals surface area contributed by atoms with E-state index in [0.29, 0.717) is 15.2 Å². The van der Waals surface area contributed by atoms with Crippen molar-refractivity contribution in [3.05, 3.63) is 89.0 Å². The zero-order valence-electron chi connectivity index (χ0n) is 19.1. The van der Waals surface area contributed by atoms with Gasteiger partial charge in [0, 0.05) is 10.7 Å². The zero-order chi connectivity index (χ0) is 21.7. The van der Waals surface area contributed by atoms with Crippen LogP contribution in [0.3, 0.4) is 0 Å². The van der Waals surface area contributed by atoms with Crippen molar-refractivity contribution in [2.75, 3.05) is 13.3 Å². The molecule has 0 N–H and O–H groups in total. The van der Waals surface area contributed by atoms with Gasteiger partial charge < -0.3 is 4.74 Å². The second-order valence-corrected chi connectivity index (χ2v) is 12.6. The Hall–Kier alpha value is -1.68. The fourth-order valence-corrected chi connectivity index (χ4v) is 7.14. The first-order valence-electron chi connectivity index (χ1n) is 10.7. The van der Waals surface area contributed by atoms with Gasteiger partial charge >= 0.3 is 0 Å². The first kappa shape index (κ1) is 23.0. The van der Waals surface area contributed by atoms with Gasteiger partial charge in [0.15, 0.2) is 0 Å². The number of aryl methyl sites for hydroxylation is 2. The van der Waals surface area contributed by atoms with Crippen LogP contribution in [0.15, 0.2) is 66.7 Å². The van der Waals surface area contributed by atoms with Gasteiger partial charge in [-0.15, -0.1) is 0 Å². The predicted molar refractivity (Wildman–Crippen MR) is 137 cm³/mol. The Kier molecular flexibility index (Phi) is 7.73. The maximum absolute atomic E-state index is 6.38. The number of rotatable bonds is 8. The second-order valence-electron chi connectivity index (χ2n) is 8.45. The Balaban J connectivity index is 1.98. The highest BCUT2D eigenvalue weighted by atomic mass is 31.1. The highest BCUT2D eigenvalue weighted by Gasteiger charge is 2.30. The lowest BCUT2D eigenvalue weighted by Gasteiger charge is -2.33. The van der Waals surface area contributed by atoms with Crippen LogP contribution in [0.4, 0.5) is 0 Å². The molecule has 0 bridgehead atoms. The zero-order valence-corrected chi connectivity index (χ0v) is 21.0. The van der Waals surface area contributed by atoms with E-state index in [9.17, 15) is 0 Å². The summed E-state index contributed by atoms with van der Waals surface area (Å²) in [5, 5.41) is 3.14. The van der Waals surface area contributed by atoms with Gasteiger partial charge in [-0.2, -0.15) is 0 Å². The molecule has 0 aliphatic carbocycles. The molecule has 3 aromatic rings. The molecule has 0 heterocycles. The Morgan fingerprint density at radius 1 is 0.933 bits per heavy atom. The van der Waals surface area contributed by atoms with Crippen LogP contribution in [0.2, 0.25) is 0 Å². The van der Waals surface area contributed by atoms with Crippen LogP contribution < -0.4 is 15.3 Å². The third kappa shape index (κ3) is 5.32. The maximum atomic E-state index is 6.38. The molecule has 0 spiro atoms. The molecule has 2 atom stereocenters. The van der Waals surface area contributed by atoms with Crippen molar-refractivity contribution in [2.24, 2.45) is 0 Å². The van der Waals surface area contributed by atoms with Gasteiger partial charge in [-0.3, -0.25) is 0 Å². The Labute approximate surface area is 185 Å². The van der Waals surface area contributed by atoms with Crippen LogP contribution in [0.1, 0.15) is 42.5 Å². The van der Waals surface area contributed by atoms with Crippen molar-refractivity contribution in [2.45, 2.75) is 45.9 Å². The molecule has 158 valence electrons. The van der Waals surface area contributed by atoms with Crippen molar-refractivity contribution >= 4 is 27.1 Å². The molecule has 0 aliphatic rings. The van der Waals surface area contributed by atoms with E-state index in [1.54, 1.807) is 10.6 Å². The van der Waals surface area contributed by atoms with Gasteiger partial charge in [-0.05, 0) is 61.4 Å². The number of ether oxygens (including phenoxy) is 1. The van der Waals surface area contributed by atoms with Crippen molar-refractivity contribution < 1.29 is 4.74 Å². The summed E-state index contributed by atoms with van der Waals surface area (Å²) in [6, 6.07) is 23.9. The fraction of sp³-hybridized carbons (Fsp3) is 0.333. The molecule has 0 saturated carbocycles. The van der Waals surface area contributed by atoms with Crippen molar-refractivity contribution in [1.29, 1.82) is 0 Å².